The SMILES string of the molecule is CCOC(=O)c1c(C)[nH]c(C(=O)[C@@H](C)Sc2nc3nc(C)cc(C)n3n2)c1C. The van der Waals surface area contributed by atoms with Crippen LogP contribution in [0.5, 0.6) is 0 Å². The van der Waals surface area contributed by atoms with Crippen LogP contribution in [-0.2, 0) is 4.74 Å². The summed E-state index contributed by atoms with van der Waals surface area (Å²) in [5.74, 6) is -0.0379. The molecule has 0 unspecified atom stereocenters. The molecule has 0 radical (unpaired) electrons. The maximum Gasteiger partial charge on any atom is 0.340 e. The number of H-pyrrole nitrogens is 1. The average Bonchev–Trinajstić information content (AvgIpc) is 3.14. The van der Waals surface area contributed by atoms with Crippen molar-refractivity contribution in [2.24, 2.45) is 0 Å². The zero-order chi connectivity index (χ0) is 20.6. The molecular formula is C19H23N5O3S. The Morgan fingerprint density at radius 1 is 1.25 bits per heavy atom. The van der Waals surface area contributed by atoms with Gasteiger partial charge < -0.3 is 9.72 Å². The molecule has 3 heterocycles. The second-order valence-corrected chi connectivity index (χ2v) is 7.92. The number of nitrogens with zero attached hydrogens (tertiary/aromatic N) is 4. The molecule has 9 heteroatoms. The van der Waals surface area contributed by atoms with Crippen molar-refractivity contribution in [2.75, 3.05) is 6.61 Å². The summed E-state index contributed by atoms with van der Waals surface area (Å²) in [4.78, 5) is 36.9. The van der Waals surface area contributed by atoms with Gasteiger partial charge in [0.25, 0.3) is 5.78 Å². The van der Waals surface area contributed by atoms with Crippen LogP contribution in [0.15, 0.2) is 11.2 Å². The monoisotopic (exact) mass is 401 g/mol. The summed E-state index contributed by atoms with van der Waals surface area (Å²) in [5, 5.41) is 4.48. The minimum absolute atomic E-state index is 0.124. The van der Waals surface area contributed by atoms with E-state index >= 15 is 0 Å². The second-order valence-electron chi connectivity index (χ2n) is 6.61. The summed E-state index contributed by atoms with van der Waals surface area (Å²) < 4.78 is 6.75. The minimum atomic E-state index is -0.439. The fourth-order valence-corrected chi connectivity index (χ4v) is 3.92. The van der Waals surface area contributed by atoms with Gasteiger partial charge in [-0.1, -0.05) is 11.8 Å². The number of nitrogens with one attached hydrogen (secondary N) is 1. The van der Waals surface area contributed by atoms with Gasteiger partial charge in [-0.05, 0) is 53.2 Å². The van der Waals surface area contributed by atoms with Gasteiger partial charge in [0.05, 0.1) is 23.1 Å². The first-order chi connectivity index (χ1) is 13.2. The lowest BCUT2D eigenvalue weighted by Crippen LogP contribution is -2.16. The average molecular weight is 401 g/mol. The zero-order valence-electron chi connectivity index (χ0n) is 16.8. The molecule has 0 spiro atoms. The highest BCUT2D eigenvalue weighted by Crippen LogP contribution is 2.27. The molecule has 0 saturated carbocycles. The zero-order valence-corrected chi connectivity index (χ0v) is 17.6. The van der Waals surface area contributed by atoms with Gasteiger partial charge in [-0.2, -0.15) is 4.98 Å². The molecule has 148 valence electrons. The number of ether oxygens (including phenoxy) is 1. The molecule has 0 fully saturated rings. The van der Waals surface area contributed by atoms with Crippen LogP contribution in [-0.4, -0.2) is 48.2 Å². The largest absolute Gasteiger partial charge is 0.462 e. The molecule has 0 saturated heterocycles. The normalized spacial score (nSPS) is 12.4. The van der Waals surface area contributed by atoms with Crippen molar-refractivity contribution in [1.29, 1.82) is 0 Å². The molecule has 0 aliphatic carbocycles. The Hall–Kier alpha value is -2.68. The molecule has 8 nitrogen and oxygen atoms in total. The number of thioether (sulfide) groups is 1. The van der Waals surface area contributed by atoms with Crippen molar-refractivity contribution in [1.82, 2.24) is 24.6 Å². The van der Waals surface area contributed by atoms with Gasteiger partial charge in [0, 0.05) is 17.1 Å². The first-order valence-corrected chi connectivity index (χ1v) is 9.89. The molecule has 1 atom stereocenters. The fourth-order valence-electron chi connectivity index (χ4n) is 3.12. The molecule has 0 bridgehead atoms. The first kappa shape index (κ1) is 20.1. The molecule has 3 rings (SSSR count). The third-order valence-corrected chi connectivity index (χ3v) is 5.37. The Labute approximate surface area is 167 Å². The fraction of sp³-hybridized carbons (Fsp3) is 0.421. The molecular weight excluding hydrogens is 378 g/mol. The predicted molar refractivity (Wildman–Crippen MR) is 106 cm³/mol. The van der Waals surface area contributed by atoms with Crippen LogP contribution in [0.2, 0.25) is 0 Å². The van der Waals surface area contributed by atoms with Crippen LogP contribution in [0.1, 0.15) is 57.3 Å². The third-order valence-electron chi connectivity index (χ3n) is 4.41. The lowest BCUT2D eigenvalue weighted by atomic mass is 10.1. The molecule has 3 aromatic rings. The summed E-state index contributed by atoms with van der Waals surface area (Å²) in [7, 11) is 0. The topological polar surface area (TPSA) is 102 Å². The highest BCUT2D eigenvalue weighted by molar-refractivity contribution is 8.00. The number of carbonyl (C=O) groups excluding carboxylic acids is 2. The Balaban J connectivity index is 1.85. The molecule has 0 aromatic carbocycles. The van der Waals surface area contributed by atoms with Crippen LogP contribution in [0.3, 0.4) is 0 Å². The van der Waals surface area contributed by atoms with Gasteiger partial charge in [0.1, 0.15) is 0 Å². The Bertz CT molecular complexity index is 1070. The number of esters is 1. The van der Waals surface area contributed by atoms with Crippen molar-refractivity contribution in [2.45, 2.75) is 51.9 Å². The van der Waals surface area contributed by atoms with Crippen LogP contribution >= 0.6 is 11.8 Å². The van der Waals surface area contributed by atoms with E-state index in [1.54, 1.807) is 32.2 Å². The summed E-state index contributed by atoms with van der Waals surface area (Å²) in [6, 6.07) is 1.92. The van der Waals surface area contributed by atoms with Crippen LogP contribution < -0.4 is 0 Å². The van der Waals surface area contributed by atoms with Crippen molar-refractivity contribution in [3.63, 3.8) is 0 Å². The lowest BCUT2D eigenvalue weighted by Gasteiger charge is -2.07. The highest BCUT2D eigenvalue weighted by atomic mass is 32.2. The Morgan fingerprint density at radius 3 is 2.64 bits per heavy atom. The number of aromatic nitrogens is 5. The summed E-state index contributed by atoms with van der Waals surface area (Å²) in [6.45, 7) is 11.2. The number of fused-ring (bicyclic) bond motifs is 1. The van der Waals surface area contributed by atoms with Crippen molar-refractivity contribution >= 4 is 29.3 Å². The molecule has 28 heavy (non-hydrogen) atoms. The number of rotatable bonds is 6. The summed E-state index contributed by atoms with van der Waals surface area (Å²) >= 11 is 1.26. The highest BCUT2D eigenvalue weighted by Gasteiger charge is 2.27. The van der Waals surface area contributed by atoms with E-state index in [1.807, 2.05) is 19.9 Å². The van der Waals surface area contributed by atoms with Gasteiger partial charge in [0.15, 0.2) is 5.78 Å². The van der Waals surface area contributed by atoms with Crippen LogP contribution in [0.25, 0.3) is 5.78 Å². The van der Waals surface area contributed by atoms with E-state index in [-0.39, 0.29) is 12.4 Å². The van der Waals surface area contributed by atoms with E-state index in [0.29, 0.717) is 33.4 Å². The number of carbonyl (C=O) groups is 2. The number of ketones is 1. The molecule has 1 N–H and O–H groups in total. The van der Waals surface area contributed by atoms with Gasteiger partial charge >= 0.3 is 5.97 Å². The molecule has 0 amide bonds. The number of aryl methyl sites for hydroxylation is 3. The standard InChI is InChI=1S/C19H23N5O3S/c1-7-27-17(26)14-11(4)15(21-12(14)5)16(25)13(6)28-19-22-18-20-9(2)8-10(3)24(18)23-19/h8,13,21H,7H2,1-6H3/t13-/m1/s1. The van der Waals surface area contributed by atoms with Gasteiger partial charge in [-0.15, -0.1) is 5.10 Å². The first-order valence-electron chi connectivity index (χ1n) is 9.01. The Morgan fingerprint density at radius 2 is 1.96 bits per heavy atom. The minimum Gasteiger partial charge on any atom is -0.462 e. The van der Waals surface area contributed by atoms with Gasteiger partial charge in [0.2, 0.25) is 5.16 Å². The Kier molecular flexibility index (Phi) is 5.55. The molecule has 0 aliphatic rings. The quantitative estimate of drug-likeness (QED) is 0.384. The van der Waals surface area contributed by atoms with Crippen LogP contribution in [0, 0.1) is 27.7 Å². The van der Waals surface area contributed by atoms with Crippen molar-refractivity contribution < 1.29 is 14.3 Å². The number of hydrogen-bond acceptors (Lipinski definition) is 7. The lowest BCUT2D eigenvalue weighted by molar-refractivity contribution is 0.0525. The number of aromatic amines is 1. The second kappa shape index (κ2) is 7.75. The maximum absolute atomic E-state index is 13.0. The summed E-state index contributed by atoms with van der Waals surface area (Å²) in [6.07, 6.45) is 0. The third kappa shape index (κ3) is 3.66. The van der Waals surface area contributed by atoms with E-state index in [4.69, 9.17) is 4.74 Å². The van der Waals surface area contributed by atoms with E-state index in [1.165, 1.54) is 11.8 Å². The predicted octanol–water partition coefficient (Wildman–Crippen LogP) is 3.23. The number of hydrogen-bond donors (Lipinski definition) is 1. The van der Waals surface area contributed by atoms with E-state index < -0.39 is 11.2 Å². The number of Topliss-reactive ketones (excluding diaryl/α,β-unsaturated/α-hetero) is 1. The van der Waals surface area contributed by atoms with Crippen molar-refractivity contribution in [3.8, 4) is 0 Å². The van der Waals surface area contributed by atoms with E-state index in [0.717, 1.165) is 11.4 Å². The van der Waals surface area contributed by atoms with E-state index in [2.05, 4.69) is 20.1 Å². The summed E-state index contributed by atoms with van der Waals surface area (Å²) in [5.41, 5.74) is 3.85. The van der Waals surface area contributed by atoms with Gasteiger partial charge in [-0.25, -0.2) is 14.3 Å². The smallest absolute Gasteiger partial charge is 0.340 e. The maximum atomic E-state index is 13.0. The van der Waals surface area contributed by atoms with Gasteiger partial charge in [-0.3, -0.25) is 4.79 Å². The molecule has 0 aliphatic heterocycles. The van der Waals surface area contributed by atoms with E-state index in [9.17, 15) is 9.59 Å². The van der Waals surface area contributed by atoms with Crippen LogP contribution in [0.4, 0.5) is 0 Å². The molecule has 3 aromatic heterocycles. The van der Waals surface area contributed by atoms with Crippen molar-refractivity contribution in [3.05, 3.63) is 40.0 Å².